The molecule has 0 unspecified atom stereocenters. The van der Waals surface area contributed by atoms with Crippen LogP contribution < -0.4 is 0 Å². The van der Waals surface area contributed by atoms with Crippen molar-refractivity contribution < 1.29 is 4.79 Å². The van der Waals surface area contributed by atoms with Crippen molar-refractivity contribution in [2.24, 2.45) is 0 Å². The minimum atomic E-state index is -0.0766. The number of carbonyl (C=O) groups is 1. The molecule has 0 saturated heterocycles. The lowest BCUT2D eigenvalue weighted by atomic mass is 10.1. The van der Waals surface area contributed by atoms with E-state index in [0.717, 1.165) is 6.42 Å². The van der Waals surface area contributed by atoms with Gasteiger partial charge in [-0.25, -0.2) is 4.98 Å². The van der Waals surface area contributed by atoms with Crippen molar-refractivity contribution in [2.75, 3.05) is 13.6 Å². The zero-order valence-corrected chi connectivity index (χ0v) is 13.5. The topological polar surface area (TPSA) is 59.0 Å². The summed E-state index contributed by atoms with van der Waals surface area (Å²) in [6.07, 6.45) is 5.70. The lowest BCUT2D eigenvalue weighted by Gasteiger charge is -2.15. The molecule has 23 heavy (non-hydrogen) atoms. The summed E-state index contributed by atoms with van der Waals surface area (Å²) < 4.78 is 0. The number of hydrogen-bond acceptors (Lipinski definition) is 5. The molecule has 0 aliphatic rings. The summed E-state index contributed by atoms with van der Waals surface area (Å²) in [5.41, 5.74) is 2.35. The molecule has 0 N–H and O–H groups in total. The second kappa shape index (κ2) is 7.11. The van der Waals surface area contributed by atoms with Crippen molar-refractivity contribution in [1.82, 2.24) is 19.9 Å². The minimum absolute atomic E-state index is 0.0766. The number of carbonyl (C=O) groups excluding carboxylic acids is 1. The molecule has 3 rings (SSSR count). The molecule has 5 nitrogen and oxygen atoms in total. The van der Waals surface area contributed by atoms with Gasteiger partial charge in [0.05, 0.1) is 6.20 Å². The van der Waals surface area contributed by atoms with Crippen molar-refractivity contribution >= 4 is 17.2 Å². The minimum Gasteiger partial charge on any atom is -0.340 e. The van der Waals surface area contributed by atoms with E-state index >= 15 is 0 Å². The summed E-state index contributed by atoms with van der Waals surface area (Å²) in [5.74, 6) is -0.0766. The smallest absolute Gasteiger partial charge is 0.273 e. The van der Waals surface area contributed by atoms with Crippen molar-refractivity contribution in [3.63, 3.8) is 0 Å². The molecule has 0 aliphatic carbocycles. The first-order valence-electron chi connectivity index (χ1n) is 7.25. The fourth-order valence-electron chi connectivity index (χ4n) is 2.14. The molecule has 6 heteroatoms. The number of thiazole rings is 1. The third-order valence-corrected chi connectivity index (χ3v) is 4.30. The average Bonchev–Trinajstić information content (AvgIpc) is 3.11. The molecule has 2 heterocycles. The number of aromatic nitrogens is 3. The molecule has 0 bridgehead atoms. The Hall–Kier alpha value is -2.60. The Morgan fingerprint density at radius 3 is 2.78 bits per heavy atom. The van der Waals surface area contributed by atoms with Gasteiger partial charge in [-0.05, 0) is 12.0 Å². The van der Waals surface area contributed by atoms with E-state index in [1.165, 1.54) is 16.9 Å². The molecule has 3 aromatic rings. The van der Waals surface area contributed by atoms with Gasteiger partial charge in [0.25, 0.3) is 5.91 Å². The Labute approximate surface area is 138 Å². The average molecular weight is 324 g/mol. The van der Waals surface area contributed by atoms with Gasteiger partial charge < -0.3 is 4.90 Å². The zero-order valence-electron chi connectivity index (χ0n) is 12.7. The number of hydrogen-bond donors (Lipinski definition) is 0. The first kappa shape index (κ1) is 15.3. The van der Waals surface area contributed by atoms with E-state index in [1.54, 1.807) is 35.9 Å². The molecular weight excluding hydrogens is 308 g/mol. The third kappa shape index (κ3) is 3.78. The van der Waals surface area contributed by atoms with E-state index in [9.17, 15) is 4.79 Å². The van der Waals surface area contributed by atoms with E-state index in [1.807, 2.05) is 18.2 Å². The van der Waals surface area contributed by atoms with Gasteiger partial charge in [0, 0.05) is 31.4 Å². The monoisotopic (exact) mass is 324 g/mol. The van der Waals surface area contributed by atoms with Gasteiger partial charge in [-0.15, -0.1) is 11.3 Å². The Morgan fingerprint density at radius 2 is 2.04 bits per heavy atom. The van der Waals surface area contributed by atoms with Crippen LogP contribution in [0.1, 0.15) is 16.1 Å². The Bertz CT molecular complexity index is 774. The molecule has 2 aromatic heterocycles. The van der Waals surface area contributed by atoms with Gasteiger partial charge in [0.15, 0.2) is 0 Å². The van der Waals surface area contributed by atoms with E-state index in [-0.39, 0.29) is 5.91 Å². The van der Waals surface area contributed by atoms with Crippen LogP contribution in [-0.2, 0) is 6.42 Å². The first-order chi connectivity index (χ1) is 11.2. The highest BCUT2D eigenvalue weighted by Crippen LogP contribution is 2.21. The highest BCUT2D eigenvalue weighted by atomic mass is 32.1. The maximum absolute atomic E-state index is 12.4. The molecule has 1 amide bonds. The highest BCUT2D eigenvalue weighted by Gasteiger charge is 2.16. The molecule has 0 atom stereocenters. The van der Waals surface area contributed by atoms with Crippen molar-refractivity contribution in [2.45, 2.75) is 6.42 Å². The largest absolute Gasteiger partial charge is 0.340 e. The highest BCUT2D eigenvalue weighted by molar-refractivity contribution is 7.13. The number of rotatable bonds is 5. The number of amides is 1. The second-order valence-corrected chi connectivity index (χ2v) is 5.95. The summed E-state index contributed by atoms with van der Waals surface area (Å²) >= 11 is 1.40. The molecular formula is C17H16N4OS. The standard InChI is InChI=1S/C17H16N4OS/c1-21(10-7-13-5-3-2-4-6-13)17(22)15-12-23-16(20-15)14-11-18-8-9-19-14/h2-6,8-9,11-12H,7,10H2,1H3. The van der Waals surface area contributed by atoms with Gasteiger partial charge in [-0.2, -0.15) is 0 Å². The van der Waals surface area contributed by atoms with Crippen LogP contribution in [0.5, 0.6) is 0 Å². The molecule has 0 spiro atoms. The zero-order chi connectivity index (χ0) is 16.1. The van der Waals surface area contributed by atoms with E-state index in [0.29, 0.717) is 22.9 Å². The third-order valence-electron chi connectivity index (χ3n) is 3.43. The quantitative estimate of drug-likeness (QED) is 0.724. The summed E-state index contributed by atoms with van der Waals surface area (Å²) in [6.45, 7) is 0.654. The van der Waals surface area contributed by atoms with Crippen LogP contribution in [0.3, 0.4) is 0 Å². The summed E-state index contributed by atoms with van der Waals surface area (Å²) in [7, 11) is 1.80. The molecule has 0 radical (unpaired) electrons. The molecule has 0 aliphatic heterocycles. The Balaban J connectivity index is 1.65. The molecule has 116 valence electrons. The van der Waals surface area contributed by atoms with Crippen molar-refractivity contribution in [1.29, 1.82) is 0 Å². The predicted octanol–water partition coefficient (Wildman–Crippen LogP) is 2.91. The number of nitrogens with zero attached hydrogens (tertiary/aromatic N) is 4. The molecule has 0 fully saturated rings. The van der Waals surface area contributed by atoms with Crippen LogP contribution in [0.4, 0.5) is 0 Å². The molecule has 0 saturated carbocycles. The van der Waals surface area contributed by atoms with Crippen LogP contribution in [0.15, 0.2) is 54.3 Å². The van der Waals surface area contributed by atoms with Gasteiger partial charge in [-0.3, -0.25) is 14.8 Å². The first-order valence-corrected chi connectivity index (χ1v) is 8.13. The van der Waals surface area contributed by atoms with Crippen LogP contribution >= 0.6 is 11.3 Å². The van der Waals surface area contributed by atoms with E-state index in [2.05, 4.69) is 27.1 Å². The van der Waals surface area contributed by atoms with Gasteiger partial charge >= 0.3 is 0 Å². The normalized spacial score (nSPS) is 10.5. The fourth-order valence-corrected chi connectivity index (χ4v) is 2.89. The maximum atomic E-state index is 12.4. The number of benzene rings is 1. The van der Waals surface area contributed by atoms with Crippen LogP contribution in [-0.4, -0.2) is 39.4 Å². The summed E-state index contributed by atoms with van der Waals surface area (Å²) in [4.78, 5) is 26.7. The second-order valence-electron chi connectivity index (χ2n) is 5.09. The van der Waals surface area contributed by atoms with Crippen molar-refractivity contribution in [3.05, 3.63) is 65.6 Å². The van der Waals surface area contributed by atoms with E-state index < -0.39 is 0 Å². The maximum Gasteiger partial charge on any atom is 0.273 e. The Kier molecular flexibility index (Phi) is 4.73. The van der Waals surface area contributed by atoms with Gasteiger partial charge in [0.2, 0.25) is 0 Å². The predicted molar refractivity (Wildman–Crippen MR) is 90.2 cm³/mol. The summed E-state index contributed by atoms with van der Waals surface area (Å²) in [6, 6.07) is 10.1. The van der Waals surface area contributed by atoms with Gasteiger partial charge in [-0.1, -0.05) is 30.3 Å². The SMILES string of the molecule is CN(CCc1ccccc1)C(=O)c1csc(-c2cnccn2)n1. The van der Waals surface area contributed by atoms with E-state index in [4.69, 9.17) is 0 Å². The fraction of sp³-hybridized carbons (Fsp3) is 0.176. The Morgan fingerprint density at radius 1 is 1.22 bits per heavy atom. The number of likely N-dealkylation sites (N-methyl/N-ethyl adjacent to an activating group) is 1. The van der Waals surface area contributed by atoms with Crippen molar-refractivity contribution in [3.8, 4) is 10.7 Å². The van der Waals surface area contributed by atoms with Crippen LogP contribution in [0.2, 0.25) is 0 Å². The lowest BCUT2D eigenvalue weighted by molar-refractivity contribution is 0.0792. The van der Waals surface area contributed by atoms with Gasteiger partial charge in [0.1, 0.15) is 16.4 Å². The van der Waals surface area contributed by atoms with Crippen LogP contribution in [0.25, 0.3) is 10.7 Å². The molecule has 1 aromatic carbocycles. The lowest BCUT2D eigenvalue weighted by Crippen LogP contribution is -2.29. The van der Waals surface area contributed by atoms with Crippen LogP contribution in [0, 0.1) is 0 Å². The summed E-state index contributed by atoms with van der Waals surface area (Å²) in [5, 5.41) is 2.48.